The Bertz CT molecular complexity index is 239. The van der Waals surface area contributed by atoms with E-state index in [1.807, 2.05) is 27.7 Å². The molecule has 2 amide bonds. The van der Waals surface area contributed by atoms with E-state index < -0.39 is 12.2 Å². The average molecular weight is 426 g/mol. The third kappa shape index (κ3) is 16.8. The molecule has 0 fully saturated rings. The predicted octanol–water partition coefficient (Wildman–Crippen LogP) is 1.93. The van der Waals surface area contributed by atoms with Gasteiger partial charge in [-0.05, 0) is 47.8 Å². The van der Waals surface area contributed by atoms with E-state index in [1.54, 1.807) is 0 Å². The second-order valence-electron chi connectivity index (χ2n) is 2.72. The molecule has 0 aliphatic carbocycles. The monoisotopic (exact) mass is 424 g/mol. The van der Waals surface area contributed by atoms with Gasteiger partial charge in [-0.3, -0.25) is 0 Å². The Kier molecular flexibility index (Phi) is 23.5. The molecular weight excluding hydrogens is 406 g/mol. The van der Waals surface area contributed by atoms with Crippen LogP contribution < -0.4 is 10.2 Å². The van der Waals surface area contributed by atoms with Gasteiger partial charge in [0.05, 0.1) is 0 Å². The van der Waals surface area contributed by atoms with Crippen LogP contribution in [-0.4, -0.2) is 42.6 Å². The number of amides is 2. The minimum Gasteiger partial charge on any atom is -0.529 e. The molecule has 0 unspecified atom stereocenters. The molecule has 0 rings (SSSR count). The van der Waals surface area contributed by atoms with Crippen molar-refractivity contribution < 1.29 is 39.3 Å². The van der Waals surface area contributed by atoms with Crippen molar-refractivity contribution in [1.82, 2.24) is 7.42 Å². The van der Waals surface area contributed by atoms with Crippen molar-refractivity contribution in [1.29, 1.82) is 0 Å². The molecule has 6 nitrogen and oxygen atoms in total. The van der Waals surface area contributed by atoms with Gasteiger partial charge in [0.25, 0.3) is 0 Å². The summed E-state index contributed by atoms with van der Waals surface area (Å²) in [6.07, 6.45) is -2.25. The fourth-order valence-electron chi connectivity index (χ4n) is 0.754. The maximum absolute atomic E-state index is 10.3. The fraction of sp³-hybridized carbons (Fsp3) is 0.800. The zero-order valence-electron chi connectivity index (χ0n) is 12.7. The number of carbonyl (C=O) groups excluding carboxylic acids is 2. The maximum atomic E-state index is 10.3. The van der Waals surface area contributed by atoms with Crippen molar-refractivity contribution in [3.63, 3.8) is 0 Å². The van der Waals surface area contributed by atoms with E-state index in [0.717, 1.165) is 23.0 Å². The van der Waals surface area contributed by atoms with Crippen LogP contribution in [-0.2, 0) is 19.5 Å². The number of carbonyl (C=O) groups is 2. The first kappa shape index (κ1) is 26.5. The summed E-state index contributed by atoms with van der Waals surface area (Å²) in [6.45, 7) is 7.60. The van der Waals surface area contributed by atoms with Crippen molar-refractivity contribution in [3.8, 4) is 0 Å². The van der Waals surface area contributed by atoms with E-state index in [9.17, 15) is 19.8 Å². The van der Waals surface area contributed by atoms with Crippen LogP contribution in [0.4, 0.5) is 9.59 Å². The molecular formula is C10H20N2O4S4Zn. The third-order valence-electron chi connectivity index (χ3n) is 1.28. The predicted molar refractivity (Wildman–Crippen MR) is 87.0 cm³/mol. The number of nitrogens with zero attached hydrogens (tertiary/aromatic N) is 2. The van der Waals surface area contributed by atoms with Gasteiger partial charge in [-0.25, -0.2) is 7.42 Å². The molecule has 0 heterocycles. The minimum absolute atomic E-state index is 0. The molecule has 0 N–H and O–H groups in total. The quantitative estimate of drug-likeness (QED) is 0.430. The standard InChI is InChI=1S/2C5H11NO2S2.Zn/c2*1-3-9-6(5(7)8)10-4-2;/h2*3-4H2,1-2H3,(H,7,8);/q;;+2/p-2. The summed E-state index contributed by atoms with van der Waals surface area (Å²) < 4.78 is 2.33. The van der Waals surface area contributed by atoms with E-state index >= 15 is 0 Å². The molecule has 120 valence electrons. The molecule has 0 aromatic heterocycles. The Balaban J connectivity index is -0.000000295. The molecule has 0 aromatic rings. The van der Waals surface area contributed by atoms with Crippen molar-refractivity contribution in [3.05, 3.63) is 0 Å². The summed E-state index contributed by atoms with van der Waals surface area (Å²) in [7, 11) is 0. The molecule has 0 radical (unpaired) electrons. The van der Waals surface area contributed by atoms with Gasteiger partial charge in [0.2, 0.25) is 0 Å². The van der Waals surface area contributed by atoms with Crippen molar-refractivity contribution in [2.75, 3.05) is 23.0 Å². The first-order valence-electron chi connectivity index (χ1n) is 5.98. The van der Waals surface area contributed by atoms with Crippen LogP contribution >= 0.6 is 47.8 Å². The van der Waals surface area contributed by atoms with E-state index in [0.29, 0.717) is 0 Å². The molecule has 0 spiro atoms. The number of carboxylic acid groups (broad SMARTS) is 2. The number of rotatable bonds is 8. The van der Waals surface area contributed by atoms with Gasteiger partial charge in [0.1, 0.15) is 0 Å². The Hall–Kier alpha value is 0.563. The molecule has 0 saturated carbocycles. The molecule has 21 heavy (non-hydrogen) atoms. The van der Waals surface area contributed by atoms with Gasteiger partial charge >= 0.3 is 19.5 Å². The summed E-state index contributed by atoms with van der Waals surface area (Å²) in [5.41, 5.74) is 0. The van der Waals surface area contributed by atoms with E-state index in [2.05, 4.69) is 0 Å². The molecule has 0 atom stereocenters. The van der Waals surface area contributed by atoms with Crippen LogP contribution in [0, 0.1) is 0 Å². The van der Waals surface area contributed by atoms with Gasteiger partial charge in [0, 0.05) is 23.0 Å². The van der Waals surface area contributed by atoms with Gasteiger partial charge < -0.3 is 19.8 Å². The summed E-state index contributed by atoms with van der Waals surface area (Å²) in [5.74, 6) is 3.00. The number of hydrogen-bond acceptors (Lipinski definition) is 8. The third-order valence-corrected chi connectivity index (χ3v) is 5.12. The normalized spacial score (nSPS) is 8.95. The SMILES string of the molecule is CCSN(SCC)C(=O)[O-].CCSN(SCC)C(=O)[O-].[Zn+2]. The van der Waals surface area contributed by atoms with E-state index in [-0.39, 0.29) is 19.5 Å². The molecule has 0 bridgehead atoms. The topological polar surface area (TPSA) is 86.7 Å². The van der Waals surface area contributed by atoms with E-state index in [4.69, 9.17) is 0 Å². The van der Waals surface area contributed by atoms with Gasteiger partial charge in [0.15, 0.2) is 12.2 Å². The fourth-order valence-corrected chi connectivity index (χ4v) is 3.98. The van der Waals surface area contributed by atoms with Gasteiger partial charge in [-0.1, -0.05) is 27.7 Å². The summed E-state index contributed by atoms with van der Waals surface area (Å²) >= 11 is 4.97. The van der Waals surface area contributed by atoms with Crippen LogP contribution in [0.1, 0.15) is 27.7 Å². The molecule has 0 saturated heterocycles. The summed E-state index contributed by atoms with van der Waals surface area (Å²) in [6, 6.07) is 0. The van der Waals surface area contributed by atoms with E-state index in [1.165, 1.54) is 55.2 Å². The van der Waals surface area contributed by atoms with Crippen LogP contribution in [0.15, 0.2) is 0 Å². The average Bonchev–Trinajstić information content (AvgIpc) is 2.38. The van der Waals surface area contributed by atoms with Gasteiger partial charge in [-0.15, -0.1) is 0 Å². The summed E-state index contributed by atoms with van der Waals surface area (Å²) in [4.78, 5) is 20.5. The van der Waals surface area contributed by atoms with Crippen molar-refractivity contribution in [2.45, 2.75) is 27.7 Å². The first-order valence-corrected chi connectivity index (χ1v) is 9.75. The molecule has 0 aliphatic rings. The largest absolute Gasteiger partial charge is 2.00 e. The van der Waals surface area contributed by atoms with Crippen molar-refractivity contribution >= 4 is 60.0 Å². The van der Waals surface area contributed by atoms with Gasteiger partial charge in [-0.2, -0.15) is 0 Å². The molecule has 11 heteroatoms. The van der Waals surface area contributed by atoms with Crippen LogP contribution in [0.25, 0.3) is 0 Å². The smallest absolute Gasteiger partial charge is 0.529 e. The molecule has 0 aliphatic heterocycles. The second-order valence-corrected chi connectivity index (χ2v) is 7.98. The number of hydrogen-bond donors (Lipinski definition) is 0. The van der Waals surface area contributed by atoms with Crippen LogP contribution in [0.3, 0.4) is 0 Å². The first-order chi connectivity index (χ1) is 9.44. The van der Waals surface area contributed by atoms with Crippen LogP contribution in [0.5, 0.6) is 0 Å². The minimum atomic E-state index is -1.13. The zero-order chi connectivity index (χ0) is 16.0. The second kappa shape index (κ2) is 18.6. The summed E-state index contributed by atoms with van der Waals surface area (Å²) in [5, 5.41) is 20.5. The Morgan fingerprint density at radius 3 is 1.00 bits per heavy atom. The Labute approximate surface area is 156 Å². The zero-order valence-corrected chi connectivity index (χ0v) is 18.9. The Morgan fingerprint density at radius 1 is 0.714 bits per heavy atom. The maximum Gasteiger partial charge on any atom is 2.00 e. The van der Waals surface area contributed by atoms with Crippen molar-refractivity contribution in [2.24, 2.45) is 0 Å². The van der Waals surface area contributed by atoms with Crippen LogP contribution in [0.2, 0.25) is 0 Å². The molecule has 0 aromatic carbocycles. The Morgan fingerprint density at radius 2 is 0.905 bits per heavy atom.